The van der Waals surface area contributed by atoms with Crippen LogP contribution in [-0.4, -0.2) is 55.6 Å². The van der Waals surface area contributed by atoms with Gasteiger partial charge >= 0.3 is 0 Å². The van der Waals surface area contributed by atoms with Crippen LogP contribution in [0, 0.1) is 5.41 Å². The molecule has 0 radical (unpaired) electrons. The van der Waals surface area contributed by atoms with E-state index < -0.39 is 0 Å². The molecule has 1 N–H and O–H groups in total. The highest BCUT2D eigenvalue weighted by atomic mass is 127. The lowest BCUT2D eigenvalue weighted by molar-refractivity contribution is 0.309. The molecule has 0 aromatic heterocycles. The lowest BCUT2D eigenvalue weighted by atomic mass is 9.86. The second kappa shape index (κ2) is 9.72. The minimum atomic E-state index is 0. The molecule has 4 rings (SSSR count). The van der Waals surface area contributed by atoms with Gasteiger partial charge in [0.05, 0.1) is 0 Å². The number of likely N-dealkylation sites (tertiary alicyclic amines) is 1. The first-order valence-corrected chi connectivity index (χ1v) is 11.3. The lowest BCUT2D eigenvalue weighted by Gasteiger charge is -2.28. The number of guanidine groups is 1. The molecule has 0 unspecified atom stereocenters. The van der Waals surface area contributed by atoms with E-state index in [-0.39, 0.29) is 24.0 Å². The molecular formula is C21H33IN4S. The Bertz CT molecular complexity index is 622. The summed E-state index contributed by atoms with van der Waals surface area (Å²) in [7, 11) is 1.92. The summed E-state index contributed by atoms with van der Waals surface area (Å²) in [4.78, 5) is 9.53. The molecule has 1 aromatic rings. The van der Waals surface area contributed by atoms with Gasteiger partial charge in [-0.1, -0.05) is 25.0 Å². The second-order valence-electron chi connectivity index (χ2n) is 8.05. The molecule has 0 bridgehead atoms. The van der Waals surface area contributed by atoms with Crippen molar-refractivity contribution in [2.24, 2.45) is 10.4 Å². The van der Waals surface area contributed by atoms with Crippen LogP contribution in [-0.2, 0) is 6.54 Å². The summed E-state index contributed by atoms with van der Waals surface area (Å²) in [6.45, 7) is 5.55. The van der Waals surface area contributed by atoms with Crippen LogP contribution in [0.15, 0.2) is 29.3 Å². The number of rotatable bonds is 3. The van der Waals surface area contributed by atoms with E-state index in [0.29, 0.717) is 5.41 Å². The quantitative estimate of drug-likeness (QED) is 0.383. The van der Waals surface area contributed by atoms with Gasteiger partial charge in [0.15, 0.2) is 5.96 Å². The maximum Gasteiger partial charge on any atom is 0.193 e. The van der Waals surface area contributed by atoms with Crippen LogP contribution in [0.4, 0.5) is 5.69 Å². The normalized spacial score (nSPS) is 22.2. The van der Waals surface area contributed by atoms with E-state index in [9.17, 15) is 0 Å². The Labute approximate surface area is 185 Å². The fraction of sp³-hybridized carbons (Fsp3) is 0.667. The van der Waals surface area contributed by atoms with Crippen molar-refractivity contribution >= 4 is 47.4 Å². The molecule has 150 valence electrons. The highest BCUT2D eigenvalue weighted by Gasteiger charge is 2.41. The predicted octanol–water partition coefficient (Wildman–Crippen LogP) is 4.20. The van der Waals surface area contributed by atoms with Gasteiger partial charge in [-0.2, -0.15) is 11.8 Å². The van der Waals surface area contributed by atoms with E-state index >= 15 is 0 Å². The Hall–Kier alpha value is -0.630. The average molecular weight is 500 g/mol. The lowest BCUT2D eigenvalue weighted by Crippen LogP contribution is -2.40. The summed E-state index contributed by atoms with van der Waals surface area (Å²) < 4.78 is 0. The van der Waals surface area contributed by atoms with Crippen LogP contribution < -0.4 is 10.2 Å². The van der Waals surface area contributed by atoms with E-state index in [1.165, 1.54) is 74.5 Å². The van der Waals surface area contributed by atoms with Crippen molar-refractivity contribution in [3.8, 4) is 0 Å². The number of thioether (sulfide) groups is 1. The predicted molar refractivity (Wildman–Crippen MR) is 129 cm³/mol. The Morgan fingerprint density at radius 1 is 1.07 bits per heavy atom. The van der Waals surface area contributed by atoms with Gasteiger partial charge in [-0.25, -0.2) is 0 Å². The van der Waals surface area contributed by atoms with Crippen LogP contribution in [0.3, 0.4) is 0 Å². The minimum absolute atomic E-state index is 0. The molecule has 27 heavy (non-hydrogen) atoms. The molecule has 4 nitrogen and oxygen atoms in total. The summed E-state index contributed by atoms with van der Waals surface area (Å²) in [5, 5.41) is 3.59. The number of nitrogens with one attached hydrogen (secondary N) is 1. The van der Waals surface area contributed by atoms with Crippen molar-refractivity contribution in [1.29, 1.82) is 0 Å². The Morgan fingerprint density at radius 2 is 1.78 bits per heavy atom. The zero-order valence-corrected chi connectivity index (χ0v) is 19.6. The second-order valence-corrected chi connectivity index (χ2v) is 9.27. The molecule has 2 saturated heterocycles. The van der Waals surface area contributed by atoms with E-state index in [0.717, 1.165) is 19.0 Å². The highest BCUT2D eigenvalue weighted by Crippen LogP contribution is 2.45. The number of halogens is 1. The van der Waals surface area contributed by atoms with Crippen molar-refractivity contribution in [1.82, 2.24) is 10.2 Å². The van der Waals surface area contributed by atoms with E-state index in [2.05, 4.69) is 56.1 Å². The van der Waals surface area contributed by atoms with Gasteiger partial charge in [0.1, 0.15) is 0 Å². The largest absolute Gasteiger partial charge is 0.370 e. The minimum Gasteiger partial charge on any atom is -0.370 e. The van der Waals surface area contributed by atoms with Crippen molar-refractivity contribution in [3.05, 3.63) is 29.8 Å². The van der Waals surface area contributed by atoms with Gasteiger partial charge in [-0.3, -0.25) is 4.99 Å². The topological polar surface area (TPSA) is 30.9 Å². The average Bonchev–Trinajstić information content (AvgIpc) is 3.34. The molecule has 0 amide bonds. The van der Waals surface area contributed by atoms with Crippen molar-refractivity contribution < 1.29 is 0 Å². The third-order valence-corrected chi connectivity index (χ3v) is 7.32. The third-order valence-electron chi connectivity index (χ3n) is 6.38. The van der Waals surface area contributed by atoms with Crippen molar-refractivity contribution in [2.75, 3.05) is 49.6 Å². The summed E-state index contributed by atoms with van der Waals surface area (Å²) in [6.07, 6.45) is 7.01. The molecule has 6 heteroatoms. The summed E-state index contributed by atoms with van der Waals surface area (Å²) in [5.74, 6) is 3.57. The molecule has 2 aliphatic heterocycles. The number of anilines is 1. The third kappa shape index (κ3) is 5.05. The van der Waals surface area contributed by atoms with Gasteiger partial charge in [-0.15, -0.1) is 24.0 Å². The number of nitrogens with zero attached hydrogens (tertiary/aromatic N) is 3. The molecule has 1 spiro atoms. The van der Waals surface area contributed by atoms with Crippen molar-refractivity contribution in [2.45, 2.75) is 38.6 Å². The standard InChI is InChI=1S/C21H32N4S.HI/c1-22-20(25-11-10-21(17-25)8-2-3-9-21)23-16-18-4-6-19(7-5-18)24-12-14-26-15-13-24;/h4-7H,2-3,8-17H2,1H3,(H,22,23);1H. The molecular weight excluding hydrogens is 467 g/mol. The number of benzene rings is 1. The van der Waals surface area contributed by atoms with E-state index in [1.54, 1.807) is 0 Å². The molecule has 1 aliphatic carbocycles. The zero-order chi connectivity index (χ0) is 17.8. The number of hydrogen-bond acceptors (Lipinski definition) is 3. The molecule has 1 aromatic carbocycles. The zero-order valence-electron chi connectivity index (χ0n) is 16.5. The monoisotopic (exact) mass is 500 g/mol. The Kier molecular flexibility index (Phi) is 7.59. The SMILES string of the molecule is CN=C(NCc1ccc(N2CCSCC2)cc1)N1CCC2(CCCC2)C1.I. The number of aliphatic imine (C=N–C) groups is 1. The Morgan fingerprint density at radius 3 is 2.44 bits per heavy atom. The summed E-state index contributed by atoms with van der Waals surface area (Å²) in [5.41, 5.74) is 3.28. The summed E-state index contributed by atoms with van der Waals surface area (Å²) in [6, 6.07) is 9.08. The first-order valence-electron chi connectivity index (χ1n) is 10.2. The molecule has 0 atom stereocenters. The van der Waals surface area contributed by atoms with Gasteiger partial charge in [0, 0.05) is 57.0 Å². The number of hydrogen-bond donors (Lipinski definition) is 1. The smallest absolute Gasteiger partial charge is 0.193 e. The van der Waals surface area contributed by atoms with Gasteiger partial charge in [0.2, 0.25) is 0 Å². The first kappa shape index (κ1) is 21.1. The van der Waals surface area contributed by atoms with E-state index in [4.69, 9.17) is 0 Å². The molecule has 3 fully saturated rings. The van der Waals surface area contributed by atoms with Crippen LogP contribution in [0.5, 0.6) is 0 Å². The van der Waals surface area contributed by atoms with Crippen LogP contribution in [0.1, 0.15) is 37.7 Å². The van der Waals surface area contributed by atoms with Crippen molar-refractivity contribution in [3.63, 3.8) is 0 Å². The first-order chi connectivity index (χ1) is 12.8. The fourth-order valence-electron chi connectivity index (χ4n) is 4.81. The highest BCUT2D eigenvalue weighted by molar-refractivity contribution is 14.0. The molecule has 3 aliphatic rings. The molecule has 2 heterocycles. The van der Waals surface area contributed by atoms with Gasteiger partial charge in [0.25, 0.3) is 0 Å². The summed E-state index contributed by atoms with van der Waals surface area (Å²) >= 11 is 2.06. The maximum absolute atomic E-state index is 4.55. The molecule has 1 saturated carbocycles. The maximum atomic E-state index is 4.55. The van der Waals surface area contributed by atoms with Crippen LogP contribution in [0.2, 0.25) is 0 Å². The van der Waals surface area contributed by atoms with Crippen LogP contribution >= 0.6 is 35.7 Å². The van der Waals surface area contributed by atoms with Gasteiger partial charge < -0.3 is 15.1 Å². The van der Waals surface area contributed by atoms with Crippen LogP contribution in [0.25, 0.3) is 0 Å². The van der Waals surface area contributed by atoms with E-state index in [1.807, 2.05) is 7.05 Å². The Balaban J connectivity index is 0.00000210. The fourth-order valence-corrected chi connectivity index (χ4v) is 5.71. The van der Waals surface area contributed by atoms with Gasteiger partial charge in [-0.05, 0) is 42.4 Å².